The number of carbonyl (C=O) groups excluding carboxylic acids is 1. The molecule has 0 aromatic heterocycles. The number of fused-ring (bicyclic) bond motifs is 1. The highest BCUT2D eigenvalue weighted by Crippen LogP contribution is 2.28. The van der Waals surface area contributed by atoms with Gasteiger partial charge in [0.05, 0.1) is 6.54 Å². The first-order chi connectivity index (χ1) is 9.74. The molecule has 1 aromatic carbocycles. The van der Waals surface area contributed by atoms with Crippen molar-refractivity contribution < 1.29 is 4.79 Å². The lowest BCUT2D eigenvalue weighted by Crippen LogP contribution is -2.44. The molecule has 0 aliphatic carbocycles. The number of likely N-dealkylation sites (tertiary alicyclic amines) is 1. The number of rotatable bonds is 2. The summed E-state index contributed by atoms with van der Waals surface area (Å²) in [5.41, 5.74) is 3.99. The molecular weight excluding hydrogens is 248 g/mol. The van der Waals surface area contributed by atoms with E-state index in [9.17, 15) is 4.79 Å². The summed E-state index contributed by atoms with van der Waals surface area (Å²) in [6.45, 7) is 5.60. The van der Waals surface area contributed by atoms with Gasteiger partial charge in [0.15, 0.2) is 0 Å². The van der Waals surface area contributed by atoms with Crippen molar-refractivity contribution in [1.82, 2.24) is 4.90 Å². The molecule has 2 aliphatic heterocycles. The molecule has 0 bridgehead atoms. The Balaban J connectivity index is 1.71. The van der Waals surface area contributed by atoms with E-state index in [0.717, 1.165) is 32.5 Å². The Morgan fingerprint density at radius 3 is 2.70 bits per heavy atom. The van der Waals surface area contributed by atoms with E-state index >= 15 is 0 Å². The van der Waals surface area contributed by atoms with Crippen LogP contribution in [0.3, 0.4) is 0 Å². The minimum atomic E-state index is 0.304. The van der Waals surface area contributed by atoms with E-state index in [1.54, 1.807) is 0 Å². The number of nitrogens with zero attached hydrogens (tertiary/aromatic N) is 2. The molecule has 1 amide bonds. The Hall–Kier alpha value is -1.51. The molecule has 108 valence electrons. The molecule has 2 heterocycles. The van der Waals surface area contributed by atoms with E-state index in [4.69, 9.17) is 0 Å². The average Bonchev–Trinajstić information content (AvgIpc) is 2.48. The SMILES string of the molecule is Cc1ccc2c(c1)CCCN2CC(=O)N1CCCCC1. The van der Waals surface area contributed by atoms with Gasteiger partial charge in [0, 0.05) is 25.3 Å². The number of carbonyl (C=O) groups is 1. The topological polar surface area (TPSA) is 23.6 Å². The van der Waals surface area contributed by atoms with Crippen LogP contribution in [0.2, 0.25) is 0 Å². The summed E-state index contributed by atoms with van der Waals surface area (Å²) < 4.78 is 0. The quantitative estimate of drug-likeness (QED) is 0.826. The zero-order chi connectivity index (χ0) is 13.9. The third kappa shape index (κ3) is 2.82. The molecule has 0 radical (unpaired) electrons. The lowest BCUT2D eigenvalue weighted by Gasteiger charge is -2.34. The Morgan fingerprint density at radius 2 is 1.90 bits per heavy atom. The summed E-state index contributed by atoms with van der Waals surface area (Å²) >= 11 is 0. The number of benzene rings is 1. The van der Waals surface area contributed by atoms with Gasteiger partial charge in [-0.05, 0) is 50.7 Å². The van der Waals surface area contributed by atoms with Crippen LogP contribution < -0.4 is 4.90 Å². The molecule has 20 heavy (non-hydrogen) atoms. The Labute approximate surface area is 121 Å². The monoisotopic (exact) mass is 272 g/mol. The van der Waals surface area contributed by atoms with Crippen molar-refractivity contribution in [2.24, 2.45) is 0 Å². The lowest BCUT2D eigenvalue weighted by molar-refractivity contribution is -0.130. The standard InChI is InChI=1S/C17H24N2O/c1-14-7-8-16-15(12-14)6-5-11-19(16)13-17(20)18-9-3-2-4-10-18/h7-8,12H,2-6,9-11,13H2,1H3. The predicted molar refractivity (Wildman–Crippen MR) is 82.1 cm³/mol. The fourth-order valence-corrected chi connectivity index (χ4v) is 3.37. The Morgan fingerprint density at radius 1 is 1.10 bits per heavy atom. The number of amides is 1. The van der Waals surface area contributed by atoms with Crippen LogP contribution in [-0.4, -0.2) is 37.0 Å². The number of aryl methyl sites for hydroxylation is 2. The second-order valence-electron chi connectivity index (χ2n) is 6.10. The van der Waals surface area contributed by atoms with Crippen molar-refractivity contribution >= 4 is 11.6 Å². The van der Waals surface area contributed by atoms with Gasteiger partial charge in [-0.2, -0.15) is 0 Å². The van der Waals surface area contributed by atoms with Crippen LogP contribution in [0.1, 0.15) is 36.8 Å². The van der Waals surface area contributed by atoms with E-state index in [0.29, 0.717) is 12.5 Å². The lowest BCUT2D eigenvalue weighted by atomic mass is 9.99. The zero-order valence-electron chi connectivity index (χ0n) is 12.4. The highest BCUT2D eigenvalue weighted by atomic mass is 16.2. The van der Waals surface area contributed by atoms with Gasteiger partial charge in [0.1, 0.15) is 0 Å². The van der Waals surface area contributed by atoms with Gasteiger partial charge >= 0.3 is 0 Å². The van der Waals surface area contributed by atoms with Crippen molar-refractivity contribution in [3.63, 3.8) is 0 Å². The van der Waals surface area contributed by atoms with Gasteiger partial charge in [-0.15, -0.1) is 0 Å². The molecule has 0 unspecified atom stereocenters. The molecule has 0 spiro atoms. The molecule has 2 aliphatic rings. The van der Waals surface area contributed by atoms with E-state index < -0.39 is 0 Å². The molecular formula is C17H24N2O. The second kappa shape index (κ2) is 5.86. The van der Waals surface area contributed by atoms with Gasteiger partial charge in [-0.25, -0.2) is 0 Å². The minimum absolute atomic E-state index is 0.304. The molecule has 3 heteroatoms. The number of piperidine rings is 1. The predicted octanol–water partition coefficient (Wildman–Crippen LogP) is 2.76. The van der Waals surface area contributed by atoms with Crippen LogP contribution in [0.15, 0.2) is 18.2 Å². The Kier molecular flexibility index (Phi) is 3.95. The van der Waals surface area contributed by atoms with E-state index in [1.165, 1.54) is 36.1 Å². The molecule has 3 rings (SSSR count). The maximum atomic E-state index is 12.4. The highest BCUT2D eigenvalue weighted by Gasteiger charge is 2.22. The van der Waals surface area contributed by atoms with Crippen LogP contribution in [0.5, 0.6) is 0 Å². The molecule has 0 N–H and O–H groups in total. The zero-order valence-corrected chi connectivity index (χ0v) is 12.4. The first-order valence-electron chi connectivity index (χ1n) is 7.86. The summed E-state index contributed by atoms with van der Waals surface area (Å²) in [7, 11) is 0. The van der Waals surface area contributed by atoms with Gasteiger partial charge < -0.3 is 9.80 Å². The van der Waals surface area contributed by atoms with Crippen molar-refractivity contribution in [2.45, 2.75) is 39.0 Å². The summed E-state index contributed by atoms with van der Waals surface area (Å²) in [6.07, 6.45) is 5.91. The Bertz CT molecular complexity index is 492. The first kappa shape index (κ1) is 13.5. The van der Waals surface area contributed by atoms with Crippen molar-refractivity contribution in [3.8, 4) is 0 Å². The normalized spacial score (nSPS) is 18.9. The van der Waals surface area contributed by atoms with Gasteiger partial charge in [0.2, 0.25) is 5.91 Å². The average molecular weight is 272 g/mol. The molecule has 1 fully saturated rings. The minimum Gasteiger partial charge on any atom is -0.362 e. The summed E-state index contributed by atoms with van der Waals surface area (Å²) in [5, 5.41) is 0. The van der Waals surface area contributed by atoms with Crippen molar-refractivity contribution in [2.75, 3.05) is 31.1 Å². The fourth-order valence-electron chi connectivity index (χ4n) is 3.37. The van der Waals surface area contributed by atoms with Crippen LogP contribution in [0.4, 0.5) is 5.69 Å². The van der Waals surface area contributed by atoms with E-state index in [2.05, 4.69) is 30.0 Å². The molecule has 0 atom stereocenters. The van der Waals surface area contributed by atoms with E-state index in [-0.39, 0.29) is 0 Å². The van der Waals surface area contributed by atoms with Crippen molar-refractivity contribution in [1.29, 1.82) is 0 Å². The third-order valence-electron chi connectivity index (χ3n) is 4.48. The number of hydrogen-bond donors (Lipinski definition) is 0. The molecule has 1 aromatic rings. The van der Waals surface area contributed by atoms with Gasteiger partial charge in [0.25, 0.3) is 0 Å². The van der Waals surface area contributed by atoms with Crippen molar-refractivity contribution in [3.05, 3.63) is 29.3 Å². The maximum Gasteiger partial charge on any atom is 0.242 e. The van der Waals surface area contributed by atoms with Crippen LogP contribution in [0, 0.1) is 6.92 Å². The fraction of sp³-hybridized carbons (Fsp3) is 0.588. The number of anilines is 1. The highest BCUT2D eigenvalue weighted by molar-refractivity contribution is 5.82. The molecule has 3 nitrogen and oxygen atoms in total. The van der Waals surface area contributed by atoms with Gasteiger partial charge in [-0.3, -0.25) is 4.79 Å². The van der Waals surface area contributed by atoms with Crippen LogP contribution in [0.25, 0.3) is 0 Å². The van der Waals surface area contributed by atoms with Crippen LogP contribution >= 0.6 is 0 Å². The maximum absolute atomic E-state index is 12.4. The summed E-state index contributed by atoms with van der Waals surface area (Å²) in [6, 6.07) is 6.61. The first-order valence-corrected chi connectivity index (χ1v) is 7.86. The number of hydrogen-bond acceptors (Lipinski definition) is 2. The van der Waals surface area contributed by atoms with Gasteiger partial charge in [-0.1, -0.05) is 17.7 Å². The third-order valence-corrected chi connectivity index (χ3v) is 4.48. The largest absolute Gasteiger partial charge is 0.362 e. The summed E-state index contributed by atoms with van der Waals surface area (Å²) in [5.74, 6) is 0.304. The van der Waals surface area contributed by atoms with Crippen LogP contribution in [-0.2, 0) is 11.2 Å². The second-order valence-corrected chi connectivity index (χ2v) is 6.10. The molecule has 0 saturated carbocycles. The van der Waals surface area contributed by atoms with E-state index in [1.807, 2.05) is 4.90 Å². The smallest absolute Gasteiger partial charge is 0.242 e. The molecule has 1 saturated heterocycles. The summed E-state index contributed by atoms with van der Waals surface area (Å²) in [4.78, 5) is 16.7.